The first-order valence-corrected chi connectivity index (χ1v) is 9.31. The molecule has 0 fully saturated rings. The molecule has 1 unspecified atom stereocenters. The Kier molecular flexibility index (Phi) is 4.81. The van der Waals surface area contributed by atoms with E-state index >= 15 is 0 Å². The van der Waals surface area contributed by atoms with Crippen molar-refractivity contribution in [1.29, 1.82) is 0 Å². The second kappa shape index (κ2) is 7.40. The number of aromatic nitrogens is 2. The number of benzene rings is 2. The molecule has 6 nitrogen and oxygen atoms in total. The van der Waals surface area contributed by atoms with Crippen LogP contribution in [0.25, 0.3) is 10.9 Å². The molecule has 1 aliphatic heterocycles. The van der Waals surface area contributed by atoms with Crippen molar-refractivity contribution in [1.82, 2.24) is 14.9 Å². The van der Waals surface area contributed by atoms with Gasteiger partial charge in [-0.2, -0.15) is 0 Å². The lowest BCUT2D eigenvalue weighted by Gasteiger charge is -2.37. The maximum absolute atomic E-state index is 12.2. The fourth-order valence-corrected chi connectivity index (χ4v) is 3.65. The van der Waals surface area contributed by atoms with Crippen LogP contribution in [0.4, 0.5) is 5.69 Å². The van der Waals surface area contributed by atoms with Crippen LogP contribution in [0.3, 0.4) is 0 Å². The number of para-hydroxylation sites is 3. The molecule has 140 valence electrons. The number of hydrogen-bond acceptors (Lipinski definition) is 5. The highest BCUT2D eigenvalue weighted by Crippen LogP contribution is 2.32. The smallest absolute Gasteiger partial charge is 0.258 e. The van der Waals surface area contributed by atoms with Crippen LogP contribution in [0.15, 0.2) is 53.3 Å². The molecule has 2 heterocycles. The van der Waals surface area contributed by atoms with Gasteiger partial charge in [-0.05, 0) is 38.2 Å². The van der Waals surface area contributed by atoms with Crippen molar-refractivity contribution in [2.45, 2.75) is 19.6 Å². The van der Waals surface area contributed by atoms with Gasteiger partial charge in [-0.25, -0.2) is 4.98 Å². The van der Waals surface area contributed by atoms with Gasteiger partial charge in [0.25, 0.3) is 5.56 Å². The third kappa shape index (κ3) is 3.66. The predicted molar refractivity (Wildman–Crippen MR) is 107 cm³/mol. The van der Waals surface area contributed by atoms with Crippen LogP contribution in [0.2, 0.25) is 0 Å². The van der Waals surface area contributed by atoms with E-state index in [9.17, 15) is 4.79 Å². The van der Waals surface area contributed by atoms with Crippen molar-refractivity contribution in [2.24, 2.45) is 0 Å². The number of likely N-dealkylation sites (N-methyl/N-ethyl adjacent to an activating group) is 2. The zero-order valence-corrected chi connectivity index (χ0v) is 15.7. The summed E-state index contributed by atoms with van der Waals surface area (Å²) in [5.74, 6) is 1.60. The van der Waals surface area contributed by atoms with Crippen molar-refractivity contribution in [3.63, 3.8) is 0 Å². The molecule has 0 amide bonds. The number of H-pyrrole nitrogens is 1. The van der Waals surface area contributed by atoms with Crippen molar-refractivity contribution in [3.8, 4) is 5.75 Å². The van der Waals surface area contributed by atoms with Gasteiger partial charge < -0.3 is 14.6 Å². The second-order valence-corrected chi connectivity index (χ2v) is 6.97. The van der Waals surface area contributed by atoms with Crippen molar-refractivity contribution >= 4 is 16.6 Å². The van der Waals surface area contributed by atoms with Crippen molar-refractivity contribution in [2.75, 3.05) is 31.6 Å². The van der Waals surface area contributed by atoms with E-state index in [1.54, 1.807) is 6.07 Å². The Balaban J connectivity index is 1.47. The SMILES string of the molecule is CCN1CC(CN(C)Cc2nc3ccccc3c(=O)[nH]2)Oc2ccccc21. The minimum Gasteiger partial charge on any atom is -0.485 e. The summed E-state index contributed by atoms with van der Waals surface area (Å²) in [7, 11) is 2.02. The molecule has 4 rings (SSSR count). The number of rotatable bonds is 5. The quantitative estimate of drug-likeness (QED) is 0.754. The van der Waals surface area contributed by atoms with E-state index in [1.165, 1.54) is 0 Å². The highest BCUT2D eigenvalue weighted by Gasteiger charge is 2.25. The molecule has 0 aliphatic carbocycles. The fraction of sp³-hybridized carbons (Fsp3) is 0.333. The summed E-state index contributed by atoms with van der Waals surface area (Å²) in [5.41, 5.74) is 1.79. The van der Waals surface area contributed by atoms with E-state index in [1.807, 2.05) is 43.4 Å². The molecule has 6 heteroatoms. The Morgan fingerprint density at radius 3 is 2.85 bits per heavy atom. The van der Waals surface area contributed by atoms with Crippen LogP contribution < -0.4 is 15.2 Å². The van der Waals surface area contributed by atoms with E-state index in [0.717, 1.165) is 36.6 Å². The molecule has 1 aliphatic rings. The van der Waals surface area contributed by atoms with Crippen LogP contribution in [0.5, 0.6) is 5.75 Å². The van der Waals surface area contributed by atoms with E-state index in [4.69, 9.17) is 4.74 Å². The molecule has 1 atom stereocenters. The molecular weight excluding hydrogens is 340 g/mol. The number of ether oxygens (including phenoxy) is 1. The summed E-state index contributed by atoms with van der Waals surface area (Å²) in [6.07, 6.45) is 0.0667. The number of nitrogens with zero attached hydrogens (tertiary/aromatic N) is 3. The van der Waals surface area contributed by atoms with Gasteiger partial charge in [-0.1, -0.05) is 24.3 Å². The van der Waals surface area contributed by atoms with Gasteiger partial charge in [0.1, 0.15) is 17.7 Å². The first-order valence-electron chi connectivity index (χ1n) is 9.31. The Morgan fingerprint density at radius 2 is 2.00 bits per heavy atom. The fourth-order valence-electron chi connectivity index (χ4n) is 3.65. The zero-order valence-electron chi connectivity index (χ0n) is 15.7. The molecule has 0 bridgehead atoms. The van der Waals surface area contributed by atoms with Gasteiger partial charge in [0.05, 0.1) is 29.7 Å². The molecule has 3 aromatic rings. The minimum absolute atomic E-state index is 0.0667. The predicted octanol–water partition coefficient (Wildman–Crippen LogP) is 2.64. The van der Waals surface area contributed by atoms with Crippen molar-refractivity contribution in [3.05, 3.63) is 64.7 Å². The van der Waals surface area contributed by atoms with E-state index in [2.05, 4.69) is 32.8 Å². The Bertz CT molecular complexity index is 1000. The van der Waals surface area contributed by atoms with Gasteiger partial charge in [0.15, 0.2) is 0 Å². The second-order valence-electron chi connectivity index (χ2n) is 6.97. The maximum Gasteiger partial charge on any atom is 0.258 e. The Morgan fingerprint density at radius 1 is 1.22 bits per heavy atom. The van der Waals surface area contributed by atoms with Gasteiger partial charge in [0.2, 0.25) is 0 Å². The molecule has 27 heavy (non-hydrogen) atoms. The van der Waals surface area contributed by atoms with Gasteiger partial charge in [0, 0.05) is 13.1 Å². The lowest BCUT2D eigenvalue weighted by Crippen LogP contribution is -2.45. The van der Waals surface area contributed by atoms with E-state index in [0.29, 0.717) is 17.8 Å². The van der Waals surface area contributed by atoms with Crippen LogP contribution in [0.1, 0.15) is 12.7 Å². The first-order chi connectivity index (χ1) is 13.1. The lowest BCUT2D eigenvalue weighted by molar-refractivity contribution is 0.138. The largest absolute Gasteiger partial charge is 0.485 e. The average molecular weight is 364 g/mol. The molecular formula is C21H24N4O2. The minimum atomic E-state index is -0.0935. The third-order valence-electron chi connectivity index (χ3n) is 4.90. The molecule has 0 spiro atoms. The lowest BCUT2D eigenvalue weighted by atomic mass is 10.2. The standard InChI is InChI=1S/C21H24N4O2/c1-3-25-13-15(27-19-11-7-6-10-18(19)25)12-24(2)14-20-22-17-9-5-4-8-16(17)21(26)23-20/h4-11,15H,3,12-14H2,1-2H3,(H,22,23,26). The number of anilines is 1. The highest BCUT2D eigenvalue weighted by atomic mass is 16.5. The van der Waals surface area contributed by atoms with Crippen LogP contribution >= 0.6 is 0 Å². The van der Waals surface area contributed by atoms with E-state index in [-0.39, 0.29) is 11.7 Å². The van der Waals surface area contributed by atoms with Gasteiger partial charge in [-0.15, -0.1) is 0 Å². The van der Waals surface area contributed by atoms with Gasteiger partial charge in [-0.3, -0.25) is 9.69 Å². The van der Waals surface area contributed by atoms with E-state index < -0.39 is 0 Å². The van der Waals surface area contributed by atoms with Crippen LogP contribution in [0, 0.1) is 0 Å². The summed E-state index contributed by atoms with van der Waals surface area (Å²) in [6, 6.07) is 15.6. The zero-order chi connectivity index (χ0) is 18.8. The summed E-state index contributed by atoms with van der Waals surface area (Å²) in [5, 5.41) is 0.620. The topological polar surface area (TPSA) is 61.5 Å². The summed E-state index contributed by atoms with van der Waals surface area (Å²) >= 11 is 0. The monoisotopic (exact) mass is 364 g/mol. The Labute approximate surface area is 158 Å². The number of hydrogen-bond donors (Lipinski definition) is 1. The number of aromatic amines is 1. The third-order valence-corrected chi connectivity index (χ3v) is 4.90. The van der Waals surface area contributed by atoms with Crippen molar-refractivity contribution < 1.29 is 4.74 Å². The van der Waals surface area contributed by atoms with Gasteiger partial charge >= 0.3 is 0 Å². The molecule has 0 radical (unpaired) electrons. The molecule has 1 aromatic heterocycles. The van der Waals surface area contributed by atoms with Crippen LogP contribution in [-0.4, -0.2) is 47.7 Å². The molecule has 1 N–H and O–H groups in total. The summed E-state index contributed by atoms with van der Waals surface area (Å²) in [4.78, 5) is 24.2. The summed E-state index contributed by atoms with van der Waals surface area (Å²) < 4.78 is 6.19. The average Bonchev–Trinajstić information content (AvgIpc) is 2.67. The molecule has 0 saturated heterocycles. The van der Waals surface area contributed by atoms with Crippen LogP contribution in [-0.2, 0) is 6.54 Å². The maximum atomic E-state index is 12.2. The number of nitrogens with one attached hydrogen (secondary N) is 1. The molecule has 2 aromatic carbocycles. The molecule has 0 saturated carbocycles. The number of fused-ring (bicyclic) bond motifs is 2. The summed E-state index contributed by atoms with van der Waals surface area (Å²) in [6.45, 7) is 5.27. The first kappa shape index (κ1) is 17.5. The Hall–Kier alpha value is -2.86. The highest BCUT2D eigenvalue weighted by molar-refractivity contribution is 5.77. The normalized spacial score (nSPS) is 16.4.